The van der Waals surface area contributed by atoms with Crippen molar-refractivity contribution in [2.24, 2.45) is 28.6 Å². The summed E-state index contributed by atoms with van der Waals surface area (Å²) in [5.41, 5.74) is -14.2. The van der Waals surface area contributed by atoms with Crippen molar-refractivity contribution >= 4 is 35.8 Å². The molecule has 0 bridgehead atoms. The maximum atomic E-state index is 13.1. The molecule has 4 saturated carbocycles. The summed E-state index contributed by atoms with van der Waals surface area (Å²) in [5.74, 6) is -12.1. The molecule has 5 fully saturated rings. The Morgan fingerprint density at radius 3 is 2.10 bits per heavy atom. The molecule has 0 radical (unpaired) electrons. The summed E-state index contributed by atoms with van der Waals surface area (Å²) < 4.78 is 27.6. The van der Waals surface area contributed by atoms with E-state index in [2.05, 4.69) is 0 Å². The molecule has 2 heterocycles. The van der Waals surface area contributed by atoms with Crippen LogP contribution < -0.4 is 15.3 Å². The Bertz CT molecular complexity index is 1780. The number of fused-ring (bicyclic) bond motifs is 5. The molecule has 20 nitrogen and oxygen atoms in total. The Hall–Kier alpha value is -3.76. The van der Waals surface area contributed by atoms with E-state index in [9.17, 15) is 74.7 Å². The van der Waals surface area contributed by atoms with E-state index in [1.165, 1.54) is 13.0 Å². The van der Waals surface area contributed by atoms with Crippen molar-refractivity contribution in [3.8, 4) is 0 Å². The van der Waals surface area contributed by atoms with E-state index in [4.69, 9.17) is 23.7 Å². The van der Waals surface area contributed by atoms with Gasteiger partial charge in [-0.1, -0.05) is 6.92 Å². The van der Waals surface area contributed by atoms with Crippen LogP contribution in [0.1, 0.15) is 91.9 Å². The predicted octanol–water partition coefficient (Wildman–Crippen LogP) is -4.84. The third-order valence-corrected chi connectivity index (χ3v) is 14.5. The van der Waals surface area contributed by atoms with Gasteiger partial charge in [-0.2, -0.15) is 0 Å². The van der Waals surface area contributed by atoms with Crippen LogP contribution in [-0.4, -0.2) is 138 Å². The fourth-order valence-electron chi connectivity index (χ4n) is 12.9. The molecule has 2 aliphatic heterocycles. The molecule has 0 aromatic carbocycles. The smallest absolute Gasteiger partial charge is 0.331 e. The number of aliphatic carboxylic acids is 3. The van der Waals surface area contributed by atoms with Gasteiger partial charge in [0.1, 0.15) is 12.7 Å². The lowest BCUT2D eigenvalue weighted by molar-refractivity contribution is -0.394. The Labute approximate surface area is 338 Å². The molecule has 0 spiro atoms. The molecule has 16 atom stereocenters. The highest BCUT2D eigenvalue weighted by atomic mass is 16.7. The van der Waals surface area contributed by atoms with Crippen molar-refractivity contribution in [3.05, 3.63) is 11.6 Å². The molecule has 330 valence electrons. The summed E-state index contributed by atoms with van der Waals surface area (Å²) in [5, 5.41) is 113. The average molecular weight is 840 g/mol. The predicted molar refractivity (Wildman–Crippen MR) is 183 cm³/mol. The number of aliphatic hydroxyl groups is 6. The fraction of sp³-hybridized carbons (Fsp3) is 0.795. The van der Waals surface area contributed by atoms with E-state index in [1.807, 2.05) is 0 Å². The van der Waals surface area contributed by atoms with Crippen molar-refractivity contribution in [2.75, 3.05) is 6.61 Å². The fourth-order valence-corrected chi connectivity index (χ4v) is 12.9. The number of hydrogen-bond acceptors (Lipinski definition) is 20. The molecule has 6 rings (SSSR count). The minimum absolute atomic E-state index is 0.0507. The number of hydrogen-bond donors (Lipinski definition) is 6. The molecule has 1 saturated heterocycles. The lowest BCUT2D eigenvalue weighted by atomic mass is 9.33. The van der Waals surface area contributed by atoms with Crippen molar-refractivity contribution < 1.29 is 98.4 Å². The van der Waals surface area contributed by atoms with Crippen LogP contribution >= 0.6 is 0 Å². The highest BCUT2D eigenvalue weighted by Crippen LogP contribution is 2.76. The van der Waals surface area contributed by atoms with Crippen molar-refractivity contribution in [1.82, 2.24) is 0 Å². The molecule has 4 aliphatic carbocycles. The third kappa shape index (κ3) is 7.11. The molecule has 6 N–H and O–H groups in total. The minimum atomic E-state index is -3.07. The van der Waals surface area contributed by atoms with Crippen molar-refractivity contribution in [3.63, 3.8) is 0 Å². The number of aliphatic hydroxyl groups excluding tert-OH is 2. The van der Waals surface area contributed by atoms with Crippen LogP contribution in [0, 0.1) is 28.6 Å². The van der Waals surface area contributed by atoms with Crippen molar-refractivity contribution in [2.45, 2.75) is 157 Å². The topological polar surface area (TPSA) is 339 Å². The lowest BCUT2D eigenvalue weighted by Crippen LogP contribution is -2.83. The van der Waals surface area contributed by atoms with Gasteiger partial charge >= 0.3 is 17.9 Å². The number of carboxylic acid groups (broad SMARTS) is 3. The third-order valence-electron chi connectivity index (χ3n) is 14.5. The minimum Gasteiger partial charge on any atom is -0.550 e. The number of carbonyl (C=O) groups is 6. The highest BCUT2D eigenvalue weighted by molar-refractivity contribution is 5.85. The number of rotatable bonds is 12. The van der Waals surface area contributed by atoms with Gasteiger partial charge in [0.25, 0.3) is 0 Å². The zero-order valence-corrected chi connectivity index (χ0v) is 33.0. The molecule has 0 aromatic rings. The SMILES string of the molecule is CC(=O)O[C@@H]1[C@@H](OC(C)=O)[C@@H](O)[C@H](O[C@H]2C[C@](O)(CC(=O)[O-])[C@]3(C(O)CC(=O)[O-])[C@@H]4[C@@H](CC[C@]3(O)C2)[C@@]2(O)CC[C@H](C3=CC(=O)OC3)[C@@]2(C)C[C@]4(O)CC(=O)[O-])O[C@H]1C. The Kier molecular flexibility index (Phi) is 11.6. The molecule has 59 heavy (non-hydrogen) atoms. The summed E-state index contributed by atoms with van der Waals surface area (Å²) in [6, 6.07) is 0. The zero-order chi connectivity index (χ0) is 43.8. The van der Waals surface area contributed by atoms with Crippen LogP contribution in [0.2, 0.25) is 0 Å². The summed E-state index contributed by atoms with van der Waals surface area (Å²) in [4.78, 5) is 73.7. The summed E-state index contributed by atoms with van der Waals surface area (Å²) in [6.07, 6.45) is -17.5. The molecule has 0 aromatic heterocycles. The lowest BCUT2D eigenvalue weighted by Gasteiger charge is -2.75. The van der Waals surface area contributed by atoms with Gasteiger partial charge in [0.2, 0.25) is 0 Å². The van der Waals surface area contributed by atoms with E-state index in [1.54, 1.807) is 6.92 Å². The van der Waals surface area contributed by atoms with Crippen LogP contribution in [-0.2, 0) is 52.5 Å². The van der Waals surface area contributed by atoms with Gasteiger partial charge in [-0.3, -0.25) is 9.59 Å². The quantitative estimate of drug-likeness (QED) is 0.0610. The molecule has 1 unspecified atom stereocenters. The van der Waals surface area contributed by atoms with Crippen LogP contribution in [0.15, 0.2) is 11.6 Å². The molecule has 6 aliphatic rings. The molecular formula is C39H51O20-3. The Morgan fingerprint density at radius 1 is 0.915 bits per heavy atom. The van der Waals surface area contributed by atoms with Gasteiger partial charge in [0.05, 0.1) is 46.1 Å². The normalized spacial score (nSPS) is 45.8. The average Bonchev–Trinajstić information content (AvgIpc) is 3.62. The zero-order valence-electron chi connectivity index (χ0n) is 33.0. The van der Waals surface area contributed by atoms with Crippen LogP contribution in [0.4, 0.5) is 0 Å². The first kappa shape index (κ1) is 44.8. The molecule has 20 heteroatoms. The Morgan fingerprint density at radius 2 is 1.54 bits per heavy atom. The second kappa shape index (κ2) is 15.3. The van der Waals surface area contributed by atoms with E-state index in [0.29, 0.717) is 5.57 Å². The molecule has 0 amide bonds. The van der Waals surface area contributed by atoms with Gasteiger partial charge in [-0.15, -0.1) is 0 Å². The number of ether oxygens (including phenoxy) is 5. The van der Waals surface area contributed by atoms with Crippen LogP contribution in [0.3, 0.4) is 0 Å². The number of cyclic esters (lactones) is 1. The maximum Gasteiger partial charge on any atom is 0.331 e. The summed E-state index contributed by atoms with van der Waals surface area (Å²) in [6.45, 7) is 4.93. The monoisotopic (exact) mass is 839 g/mol. The largest absolute Gasteiger partial charge is 0.550 e. The van der Waals surface area contributed by atoms with E-state index in [0.717, 1.165) is 13.8 Å². The second-order valence-electron chi connectivity index (χ2n) is 17.8. The number of esters is 3. The summed E-state index contributed by atoms with van der Waals surface area (Å²) in [7, 11) is 0. The van der Waals surface area contributed by atoms with E-state index < -0.39 is 175 Å². The first-order chi connectivity index (χ1) is 27.3. The first-order valence-electron chi connectivity index (χ1n) is 19.7. The number of carboxylic acids is 3. The van der Waals surface area contributed by atoms with Crippen molar-refractivity contribution in [1.29, 1.82) is 0 Å². The van der Waals surface area contributed by atoms with Crippen LogP contribution in [0.5, 0.6) is 0 Å². The van der Waals surface area contributed by atoms with Gasteiger partial charge in [-0.25, -0.2) is 4.79 Å². The van der Waals surface area contributed by atoms with Crippen LogP contribution in [0.25, 0.3) is 0 Å². The maximum absolute atomic E-state index is 13.1. The van der Waals surface area contributed by atoms with Gasteiger partial charge in [0, 0.05) is 81.3 Å². The van der Waals surface area contributed by atoms with E-state index >= 15 is 0 Å². The highest BCUT2D eigenvalue weighted by Gasteiger charge is 2.82. The number of carbonyl (C=O) groups excluding carboxylic acids is 6. The Balaban J connectivity index is 1.50. The van der Waals surface area contributed by atoms with Gasteiger partial charge < -0.3 is 84.0 Å². The van der Waals surface area contributed by atoms with Gasteiger partial charge in [0.15, 0.2) is 18.5 Å². The standard InChI is InChI=1S/C39H54O20/c1-17-30(57-18(2)40)31(58-19(3)41)29(50)33(56-17)59-21-11-36(52)7-5-23-32(39(36,24(42)10-25(43)44)37(53,12-21)14-27(47)48)35(51,13-26(45)46)16-34(4)22(6-8-38(23,34)54)20-9-28(49)55-15-20/h9,17,21-24,29-33,42,50-54H,5-8,10-16H2,1-4H3,(H,43,44)(H,45,46)(H,47,48)/p-3/t17-,21+,22+,23+,24?,29+,30-,31-,32+,33-,34+,35+,36-,37-,38-,39+/m0/s1. The first-order valence-corrected chi connectivity index (χ1v) is 19.7. The summed E-state index contributed by atoms with van der Waals surface area (Å²) >= 11 is 0. The van der Waals surface area contributed by atoms with Gasteiger partial charge in [-0.05, 0) is 56.4 Å². The van der Waals surface area contributed by atoms with E-state index in [-0.39, 0.29) is 25.9 Å². The molecular weight excluding hydrogens is 788 g/mol. The second-order valence-corrected chi connectivity index (χ2v) is 17.8.